The molecule has 0 spiro atoms. The van der Waals surface area contributed by atoms with Crippen molar-refractivity contribution in [2.75, 3.05) is 11.9 Å². The molecule has 1 unspecified atom stereocenters. The van der Waals surface area contributed by atoms with Crippen molar-refractivity contribution in [2.45, 2.75) is 20.0 Å². The Morgan fingerprint density at radius 2 is 2.20 bits per heavy atom. The first-order valence-electron chi connectivity index (χ1n) is 4.76. The van der Waals surface area contributed by atoms with Gasteiger partial charge in [-0.1, -0.05) is 6.07 Å². The standard InChI is InChI=1S/C11H15NO3/c1-7-3-4-9(11(14)15)10(5-7)12-6-8(2)13/h3-5,8,12-13H,6H2,1-2H3,(H,14,15). The number of aliphatic hydroxyl groups is 1. The number of carboxylic acid groups (broad SMARTS) is 1. The average molecular weight is 209 g/mol. The van der Waals surface area contributed by atoms with Crippen LogP contribution < -0.4 is 5.32 Å². The van der Waals surface area contributed by atoms with Crippen LogP contribution in [0.15, 0.2) is 18.2 Å². The fourth-order valence-corrected chi connectivity index (χ4v) is 1.25. The van der Waals surface area contributed by atoms with Gasteiger partial charge in [0.15, 0.2) is 0 Å². The highest BCUT2D eigenvalue weighted by molar-refractivity contribution is 5.94. The molecule has 0 heterocycles. The lowest BCUT2D eigenvalue weighted by molar-refractivity contribution is 0.0697. The van der Waals surface area contributed by atoms with Crippen LogP contribution in [0.5, 0.6) is 0 Å². The predicted octanol–water partition coefficient (Wildman–Crippen LogP) is 1.49. The van der Waals surface area contributed by atoms with E-state index in [0.717, 1.165) is 5.56 Å². The summed E-state index contributed by atoms with van der Waals surface area (Å²) in [5.41, 5.74) is 1.75. The Labute approximate surface area is 88.6 Å². The molecule has 0 radical (unpaired) electrons. The van der Waals surface area contributed by atoms with Crippen molar-refractivity contribution in [1.82, 2.24) is 0 Å². The predicted molar refractivity (Wildman–Crippen MR) is 58.3 cm³/mol. The molecule has 0 aliphatic carbocycles. The molecular weight excluding hydrogens is 194 g/mol. The summed E-state index contributed by atoms with van der Waals surface area (Å²) in [4.78, 5) is 10.9. The number of hydrogen-bond donors (Lipinski definition) is 3. The summed E-state index contributed by atoms with van der Waals surface area (Å²) >= 11 is 0. The molecule has 0 aliphatic rings. The first-order chi connectivity index (χ1) is 7.00. The average Bonchev–Trinajstić information content (AvgIpc) is 2.14. The number of aromatic carboxylic acids is 1. The van der Waals surface area contributed by atoms with Gasteiger partial charge in [0.05, 0.1) is 11.7 Å². The quantitative estimate of drug-likeness (QED) is 0.702. The molecule has 1 atom stereocenters. The van der Waals surface area contributed by atoms with Gasteiger partial charge in [-0.05, 0) is 31.5 Å². The monoisotopic (exact) mass is 209 g/mol. The van der Waals surface area contributed by atoms with Crippen molar-refractivity contribution < 1.29 is 15.0 Å². The Balaban J connectivity index is 2.92. The molecule has 0 aliphatic heterocycles. The Kier molecular flexibility index (Phi) is 3.68. The molecular formula is C11H15NO3. The molecule has 0 saturated carbocycles. The Morgan fingerprint density at radius 1 is 1.53 bits per heavy atom. The maximum absolute atomic E-state index is 10.9. The molecule has 1 aromatic rings. The fraction of sp³-hybridized carbons (Fsp3) is 0.364. The van der Waals surface area contributed by atoms with E-state index in [1.807, 2.05) is 6.92 Å². The van der Waals surface area contributed by atoms with Crippen LogP contribution >= 0.6 is 0 Å². The van der Waals surface area contributed by atoms with Gasteiger partial charge >= 0.3 is 5.97 Å². The van der Waals surface area contributed by atoms with Gasteiger partial charge in [-0.3, -0.25) is 0 Å². The summed E-state index contributed by atoms with van der Waals surface area (Å²) in [5, 5.41) is 20.9. The Bertz CT molecular complexity index is 361. The first-order valence-corrected chi connectivity index (χ1v) is 4.76. The minimum Gasteiger partial charge on any atom is -0.478 e. The van der Waals surface area contributed by atoms with Gasteiger partial charge < -0.3 is 15.5 Å². The molecule has 82 valence electrons. The highest BCUT2D eigenvalue weighted by Gasteiger charge is 2.09. The Hall–Kier alpha value is -1.55. The zero-order valence-corrected chi connectivity index (χ0v) is 8.82. The zero-order chi connectivity index (χ0) is 11.4. The van der Waals surface area contributed by atoms with Gasteiger partial charge in [-0.2, -0.15) is 0 Å². The van der Waals surface area contributed by atoms with Crippen LogP contribution in [0.4, 0.5) is 5.69 Å². The van der Waals surface area contributed by atoms with E-state index in [4.69, 9.17) is 10.2 Å². The third-order valence-electron chi connectivity index (χ3n) is 1.99. The van der Waals surface area contributed by atoms with Gasteiger partial charge in [-0.15, -0.1) is 0 Å². The van der Waals surface area contributed by atoms with Crippen molar-refractivity contribution in [1.29, 1.82) is 0 Å². The van der Waals surface area contributed by atoms with Crippen LogP contribution in [-0.4, -0.2) is 28.8 Å². The van der Waals surface area contributed by atoms with Gasteiger partial charge in [0.2, 0.25) is 0 Å². The summed E-state index contributed by atoms with van der Waals surface area (Å²) < 4.78 is 0. The SMILES string of the molecule is Cc1ccc(C(=O)O)c(NCC(C)O)c1. The lowest BCUT2D eigenvalue weighted by atomic mass is 10.1. The maximum atomic E-state index is 10.9. The smallest absolute Gasteiger partial charge is 0.337 e. The normalized spacial score (nSPS) is 12.2. The molecule has 4 nitrogen and oxygen atoms in total. The van der Waals surface area contributed by atoms with Crippen molar-refractivity contribution in [2.24, 2.45) is 0 Å². The lowest BCUT2D eigenvalue weighted by Crippen LogP contribution is -2.17. The van der Waals surface area contributed by atoms with Gasteiger partial charge in [-0.25, -0.2) is 4.79 Å². The van der Waals surface area contributed by atoms with E-state index >= 15 is 0 Å². The van der Waals surface area contributed by atoms with Crippen molar-refractivity contribution in [3.05, 3.63) is 29.3 Å². The van der Waals surface area contributed by atoms with Crippen LogP contribution in [0.2, 0.25) is 0 Å². The Morgan fingerprint density at radius 3 is 2.73 bits per heavy atom. The number of hydrogen-bond acceptors (Lipinski definition) is 3. The first kappa shape index (κ1) is 11.5. The minimum absolute atomic E-state index is 0.223. The number of carbonyl (C=O) groups is 1. The van der Waals surface area contributed by atoms with Crippen molar-refractivity contribution in [3.8, 4) is 0 Å². The summed E-state index contributed by atoms with van der Waals surface area (Å²) in [7, 11) is 0. The fourth-order valence-electron chi connectivity index (χ4n) is 1.25. The van der Waals surface area contributed by atoms with Crippen LogP contribution in [0.25, 0.3) is 0 Å². The van der Waals surface area contributed by atoms with Crippen molar-refractivity contribution in [3.63, 3.8) is 0 Å². The lowest BCUT2D eigenvalue weighted by Gasteiger charge is -2.11. The second-order valence-electron chi connectivity index (χ2n) is 3.58. The van der Waals surface area contributed by atoms with E-state index in [1.165, 1.54) is 0 Å². The van der Waals surface area contributed by atoms with Gasteiger partial charge in [0.1, 0.15) is 0 Å². The second-order valence-corrected chi connectivity index (χ2v) is 3.58. The van der Waals surface area contributed by atoms with Gasteiger partial charge in [0.25, 0.3) is 0 Å². The van der Waals surface area contributed by atoms with E-state index < -0.39 is 12.1 Å². The summed E-state index contributed by atoms with van der Waals surface area (Å²) in [6.07, 6.45) is -0.507. The number of anilines is 1. The number of nitrogens with one attached hydrogen (secondary N) is 1. The van der Waals surface area contributed by atoms with Crippen LogP contribution in [0.3, 0.4) is 0 Å². The summed E-state index contributed by atoms with van der Waals surface area (Å²) in [6, 6.07) is 5.06. The molecule has 0 bridgehead atoms. The third kappa shape index (κ3) is 3.25. The van der Waals surface area contributed by atoms with E-state index in [-0.39, 0.29) is 5.56 Å². The van der Waals surface area contributed by atoms with E-state index in [0.29, 0.717) is 12.2 Å². The van der Waals surface area contributed by atoms with Crippen LogP contribution in [-0.2, 0) is 0 Å². The van der Waals surface area contributed by atoms with E-state index in [2.05, 4.69) is 5.32 Å². The molecule has 0 amide bonds. The van der Waals surface area contributed by atoms with Crippen LogP contribution in [0, 0.1) is 6.92 Å². The molecule has 15 heavy (non-hydrogen) atoms. The number of benzene rings is 1. The third-order valence-corrected chi connectivity index (χ3v) is 1.99. The highest BCUT2D eigenvalue weighted by Crippen LogP contribution is 2.17. The zero-order valence-electron chi connectivity index (χ0n) is 8.82. The number of aryl methyl sites for hydroxylation is 1. The largest absolute Gasteiger partial charge is 0.478 e. The molecule has 0 fully saturated rings. The summed E-state index contributed by atoms with van der Waals surface area (Å²) in [6.45, 7) is 3.87. The molecule has 0 saturated heterocycles. The van der Waals surface area contributed by atoms with Gasteiger partial charge in [0, 0.05) is 12.2 Å². The molecule has 0 aromatic heterocycles. The molecule has 4 heteroatoms. The number of rotatable bonds is 4. The van der Waals surface area contributed by atoms with Crippen LogP contribution in [0.1, 0.15) is 22.8 Å². The molecule has 3 N–H and O–H groups in total. The topological polar surface area (TPSA) is 69.6 Å². The number of carboxylic acids is 1. The van der Waals surface area contributed by atoms with Crippen molar-refractivity contribution >= 4 is 11.7 Å². The number of aliphatic hydroxyl groups excluding tert-OH is 1. The maximum Gasteiger partial charge on any atom is 0.337 e. The molecule has 1 aromatic carbocycles. The van der Waals surface area contributed by atoms with E-state index in [1.54, 1.807) is 25.1 Å². The molecule has 1 rings (SSSR count). The second kappa shape index (κ2) is 4.79. The summed E-state index contributed by atoms with van der Waals surface area (Å²) in [5.74, 6) is -0.969. The minimum atomic E-state index is -0.969. The highest BCUT2D eigenvalue weighted by atomic mass is 16.4. The van der Waals surface area contributed by atoms with E-state index in [9.17, 15) is 4.79 Å².